The molecule has 0 fully saturated rings. The Balaban J connectivity index is 2.41. The zero-order valence-electron chi connectivity index (χ0n) is 12.2. The van der Waals surface area contributed by atoms with Crippen LogP contribution < -0.4 is 0 Å². The minimum atomic E-state index is -0.275. The van der Waals surface area contributed by atoms with Gasteiger partial charge in [-0.15, -0.1) is 11.6 Å². The van der Waals surface area contributed by atoms with E-state index in [1.807, 2.05) is 23.6 Å². The highest BCUT2D eigenvalue weighted by Gasteiger charge is 2.18. The van der Waals surface area contributed by atoms with Crippen LogP contribution in [0.2, 0.25) is 0 Å². The number of alkyl halides is 1. The van der Waals surface area contributed by atoms with Crippen molar-refractivity contribution in [3.8, 4) is 5.69 Å². The number of nitrogens with zero attached hydrogens (tertiary/aromatic N) is 2. The number of aryl methyl sites for hydroxylation is 1. The molecule has 0 N–H and O–H groups in total. The summed E-state index contributed by atoms with van der Waals surface area (Å²) in [7, 11) is 0. The molecule has 1 aromatic heterocycles. The highest BCUT2D eigenvalue weighted by molar-refractivity contribution is 6.20. The van der Waals surface area contributed by atoms with Crippen molar-refractivity contribution in [3.63, 3.8) is 0 Å². The largest absolute Gasteiger partial charge is 0.295 e. The molecule has 0 spiro atoms. The Morgan fingerprint density at radius 1 is 1.19 bits per heavy atom. The van der Waals surface area contributed by atoms with Crippen LogP contribution in [0.5, 0.6) is 0 Å². The van der Waals surface area contributed by atoms with Crippen molar-refractivity contribution in [3.05, 3.63) is 59.2 Å². The maximum Gasteiger partial charge on any atom is 0.132 e. The Bertz CT molecular complexity index is 821. The second-order valence-corrected chi connectivity index (χ2v) is 5.93. The number of halogens is 2. The molecule has 4 heteroatoms. The quantitative estimate of drug-likeness (QED) is 0.604. The first-order valence-corrected chi connectivity index (χ1v) is 7.31. The molecule has 0 aliphatic carbocycles. The normalized spacial score (nSPS) is 12.8. The Labute approximate surface area is 128 Å². The number of benzene rings is 2. The van der Waals surface area contributed by atoms with E-state index in [0.29, 0.717) is 0 Å². The van der Waals surface area contributed by atoms with E-state index in [2.05, 4.69) is 24.9 Å². The van der Waals surface area contributed by atoms with Gasteiger partial charge in [-0.2, -0.15) is 0 Å². The lowest BCUT2D eigenvalue weighted by Crippen LogP contribution is -2.04. The molecule has 0 amide bonds. The molecule has 0 bridgehead atoms. The Morgan fingerprint density at radius 3 is 2.67 bits per heavy atom. The zero-order valence-corrected chi connectivity index (χ0v) is 12.9. The lowest BCUT2D eigenvalue weighted by atomic mass is 10.1. The van der Waals surface area contributed by atoms with E-state index in [1.165, 1.54) is 17.7 Å². The van der Waals surface area contributed by atoms with Gasteiger partial charge in [-0.25, -0.2) is 9.37 Å². The molecule has 1 unspecified atom stereocenters. The van der Waals surface area contributed by atoms with Gasteiger partial charge >= 0.3 is 0 Å². The van der Waals surface area contributed by atoms with Crippen molar-refractivity contribution in [2.24, 2.45) is 0 Å². The van der Waals surface area contributed by atoms with Gasteiger partial charge in [0, 0.05) is 6.07 Å². The van der Waals surface area contributed by atoms with E-state index in [9.17, 15) is 4.39 Å². The standard InChI is InChI=1S/C17H16ClFN2/c1-10-5-4-6-15(11(10)2)21-16-9-13(19)7-8-14(16)20-17(21)12(3)18/h4-9,12H,1-3H3. The number of fused-ring (bicyclic) bond motifs is 1. The van der Waals surface area contributed by atoms with Crippen LogP contribution in [0.15, 0.2) is 36.4 Å². The Morgan fingerprint density at radius 2 is 1.95 bits per heavy atom. The predicted molar refractivity (Wildman–Crippen MR) is 84.8 cm³/mol. The SMILES string of the molecule is Cc1cccc(-n2c(C(C)Cl)nc3ccc(F)cc32)c1C. The summed E-state index contributed by atoms with van der Waals surface area (Å²) in [6.07, 6.45) is 0. The third-order valence-corrected chi connectivity index (χ3v) is 4.01. The van der Waals surface area contributed by atoms with E-state index in [4.69, 9.17) is 11.6 Å². The fourth-order valence-corrected chi connectivity index (χ4v) is 2.71. The fourth-order valence-electron chi connectivity index (χ4n) is 2.56. The zero-order chi connectivity index (χ0) is 15.1. The van der Waals surface area contributed by atoms with Gasteiger partial charge < -0.3 is 0 Å². The predicted octanol–water partition coefficient (Wildman–Crippen LogP) is 5.08. The summed E-state index contributed by atoms with van der Waals surface area (Å²) < 4.78 is 15.6. The lowest BCUT2D eigenvalue weighted by molar-refractivity contribution is 0.629. The number of hydrogen-bond acceptors (Lipinski definition) is 1. The summed E-state index contributed by atoms with van der Waals surface area (Å²) in [6.45, 7) is 5.99. The van der Waals surface area contributed by atoms with Gasteiger partial charge in [0.1, 0.15) is 11.6 Å². The number of rotatable bonds is 2. The highest BCUT2D eigenvalue weighted by atomic mass is 35.5. The van der Waals surface area contributed by atoms with E-state index in [0.717, 1.165) is 28.1 Å². The highest BCUT2D eigenvalue weighted by Crippen LogP contribution is 2.30. The van der Waals surface area contributed by atoms with E-state index in [-0.39, 0.29) is 11.2 Å². The molecule has 2 nitrogen and oxygen atoms in total. The van der Waals surface area contributed by atoms with Gasteiger partial charge in [0.15, 0.2) is 0 Å². The van der Waals surface area contributed by atoms with Crippen LogP contribution in [0.25, 0.3) is 16.7 Å². The molecule has 1 heterocycles. The van der Waals surface area contributed by atoms with Gasteiger partial charge in [-0.3, -0.25) is 4.57 Å². The van der Waals surface area contributed by atoms with Gasteiger partial charge in [0.25, 0.3) is 0 Å². The second-order valence-electron chi connectivity index (χ2n) is 5.27. The smallest absolute Gasteiger partial charge is 0.132 e. The van der Waals surface area contributed by atoms with Crippen molar-refractivity contribution in [2.45, 2.75) is 26.1 Å². The minimum Gasteiger partial charge on any atom is -0.295 e. The average Bonchev–Trinajstić information content (AvgIpc) is 2.80. The first-order chi connectivity index (χ1) is 9.99. The third kappa shape index (κ3) is 2.32. The molecule has 0 radical (unpaired) electrons. The molecular formula is C17H16ClFN2. The molecule has 21 heavy (non-hydrogen) atoms. The Hall–Kier alpha value is -1.87. The van der Waals surface area contributed by atoms with Crippen molar-refractivity contribution >= 4 is 22.6 Å². The van der Waals surface area contributed by atoms with Crippen molar-refractivity contribution in [2.75, 3.05) is 0 Å². The molecule has 1 atom stereocenters. The molecule has 108 valence electrons. The summed E-state index contributed by atoms with van der Waals surface area (Å²) in [4.78, 5) is 4.56. The molecule has 0 aliphatic heterocycles. The maximum atomic E-state index is 13.6. The molecule has 3 aromatic rings. The summed E-state index contributed by atoms with van der Waals surface area (Å²) in [6, 6.07) is 10.7. The van der Waals surface area contributed by atoms with Crippen molar-refractivity contribution in [1.29, 1.82) is 0 Å². The molecule has 0 saturated carbocycles. The fraction of sp³-hybridized carbons (Fsp3) is 0.235. The first-order valence-electron chi connectivity index (χ1n) is 6.87. The maximum absolute atomic E-state index is 13.6. The van der Waals surface area contributed by atoms with Gasteiger partial charge in [0.2, 0.25) is 0 Å². The summed E-state index contributed by atoms with van der Waals surface area (Å²) in [5.74, 6) is 0.452. The third-order valence-electron chi connectivity index (χ3n) is 3.82. The van der Waals surface area contributed by atoms with Crippen LogP contribution in [-0.2, 0) is 0 Å². The summed E-state index contributed by atoms with van der Waals surface area (Å²) >= 11 is 6.28. The van der Waals surface area contributed by atoms with Crippen molar-refractivity contribution in [1.82, 2.24) is 9.55 Å². The minimum absolute atomic E-state index is 0.264. The Kier molecular flexibility index (Phi) is 3.46. The number of hydrogen-bond donors (Lipinski definition) is 0. The average molecular weight is 303 g/mol. The van der Waals surface area contributed by atoms with Gasteiger partial charge in [-0.05, 0) is 50.1 Å². The summed E-state index contributed by atoms with van der Waals surface area (Å²) in [5.41, 5.74) is 4.80. The van der Waals surface area contributed by atoms with E-state index < -0.39 is 0 Å². The van der Waals surface area contributed by atoms with Crippen LogP contribution in [-0.4, -0.2) is 9.55 Å². The summed E-state index contributed by atoms with van der Waals surface area (Å²) in [5, 5.41) is -0.264. The van der Waals surface area contributed by atoms with Crippen LogP contribution >= 0.6 is 11.6 Å². The first kappa shape index (κ1) is 14.1. The molecule has 3 rings (SSSR count). The van der Waals surface area contributed by atoms with E-state index >= 15 is 0 Å². The molecule has 2 aromatic carbocycles. The molecular weight excluding hydrogens is 287 g/mol. The van der Waals surface area contributed by atoms with Crippen LogP contribution in [0, 0.1) is 19.7 Å². The van der Waals surface area contributed by atoms with Gasteiger partial charge in [-0.1, -0.05) is 12.1 Å². The number of aromatic nitrogens is 2. The second kappa shape index (κ2) is 5.15. The van der Waals surface area contributed by atoms with Crippen LogP contribution in [0.3, 0.4) is 0 Å². The number of imidazole rings is 1. The van der Waals surface area contributed by atoms with E-state index in [1.54, 1.807) is 6.07 Å². The lowest BCUT2D eigenvalue weighted by Gasteiger charge is -2.14. The molecule has 0 saturated heterocycles. The van der Waals surface area contributed by atoms with Crippen LogP contribution in [0.1, 0.15) is 29.3 Å². The van der Waals surface area contributed by atoms with Crippen LogP contribution in [0.4, 0.5) is 4.39 Å². The topological polar surface area (TPSA) is 17.8 Å². The van der Waals surface area contributed by atoms with Crippen molar-refractivity contribution < 1.29 is 4.39 Å². The monoisotopic (exact) mass is 302 g/mol. The molecule has 0 aliphatic rings. The van der Waals surface area contributed by atoms with Gasteiger partial charge in [0.05, 0.1) is 22.1 Å².